The van der Waals surface area contributed by atoms with E-state index in [1.807, 2.05) is 0 Å². The van der Waals surface area contributed by atoms with Crippen LogP contribution in [0.25, 0.3) is 0 Å². The first-order chi connectivity index (χ1) is 23.1. The molecule has 0 bridgehead atoms. The van der Waals surface area contributed by atoms with Crippen molar-refractivity contribution in [1.29, 1.82) is 0 Å². The minimum absolute atomic E-state index is 0.0106. The zero-order chi connectivity index (χ0) is 34.6. The summed E-state index contributed by atoms with van der Waals surface area (Å²) in [6.45, 7) is 0. The van der Waals surface area contributed by atoms with Gasteiger partial charge in [0.1, 0.15) is 17.2 Å². The van der Waals surface area contributed by atoms with Gasteiger partial charge in [0.2, 0.25) is 0 Å². The number of hydrogen-bond donors (Lipinski definition) is 3. The summed E-state index contributed by atoms with van der Waals surface area (Å²) in [7, 11) is 3.49. The SMILES string of the molecule is COC(=O)Oc1ccc(NC(=O)c2cc(NC(=O)c3ccc(OC(=O)OC)cc3)cc(C(=O)Nc3ccc(OC(=O)OC)cc3)c2)cc1. The summed E-state index contributed by atoms with van der Waals surface area (Å²) in [5.41, 5.74) is 0.975. The van der Waals surface area contributed by atoms with E-state index in [9.17, 15) is 28.8 Å². The molecular weight excluding hydrogens is 630 g/mol. The largest absolute Gasteiger partial charge is 0.513 e. The second-order valence-corrected chi connectivity index (χ2v) is 9.40. The molecule has 3 amide bonds. The van der Waals surface area contributed by atoms with Gasteiger partial charge in [0.25, 0.3) is 17.7 Å². The van der Waals surface area contributed by atoms with Crippen molar-refractivity contribution in [2.24, 2.45) is 0 Å². The highest BCUT2D eigenvalue weighted by Crippen LogP contribution is 2.23. The Morgan fingerprint density at radius 2 is 0.708 bits per heavy atom. The van der Waals surface area contributed by atoms with E-state index in [2.05, 4.69) is 30.2 Å². The average molecular weight is 658 g/mol. The highest BCUT2D eigenvalue weighted by Gasteiger charge is 2.17. The Kier molecular flexibility index (Phi) is 11.3. The summed E-state index contributed by atoms with van der Waals surface area (Å²) in [5, 5.41) is 8.01. The third kappa shape index (κ3) is 9.55. The number of amides is 3. The van der Waals surface area contributed by atoms with Crippen LogP contribution in [0.15, 0.2) is 91.0 Å². The highest BCUT2D eigenvalue weighted by molar-refractivity contribution is 6.11. The van der Waals surface area contributed by atoms with Gasteiger partial charge in [-0.25, -0.2) is 14.4 Å². The van der Waals surface area contributed by atoms with Gasteiger partial charge in [-0.05, 0) is 91.0 Å². The quantitative estimate of drug-likeness (QED) is 0.110. The lowest BCUT2D eigenvalue weighted by atomic mass is 10.1. The zero-order valence-electron chi connectivity index (χ0n) is 25.6. The summed E-state index contributed by atoms with van der Waals surface area (Å²) < 4.78 is 28.1. The van der Waals surface area contributed by atoms with E-state index in [1.165, 1.54) is 105 Å². The standard InChI is InChI=1S/C33H27N3O12/c1-43-31(40)46-25-10-4-19(5-11-25)28(37)36-24-17-20(29(38)34-22-6-12-26(13-7-22)47-32(41)44-2)16-21(18-24)30(39)35-23-8-14-27(15-9-23)48-33(42)45-3/h4-18H,1-3H3,(H,34,38)(H,35,39)(H,36,37). The maximum atomic E-state index is 13.3. The number of carbonyl (C=O) groups excluding carboxylic acids is 6. The molecule has 0 spiro atoms. The van der Waals surface area contributed by atoms with E-state index < -0.39 is 36.2 Å². The van der Waals surface area contributed by atoms with Gasteiger partial charge in [0.05, 0.1) is 21.3 Å². The maximum absolute atomic E-state index is 13.3. The van der Waals surface area contributed by atoms with Crippen molar-refractivity contribution in [2.45, 2.75) is 0 Å². The van der Waals surface area contributed by atoms with E-state index in [0.29, 0.717) is 11.4 Å². The smallest absolute Gasteiger partial charge is 0.437 e. The number of methoxy groups -OCH3 is 3. The van der Waals surface area contributed by atoms with E-state index >= 15 is 0 Å². The van der Waals surface area contributed by atoms with E-state index in [0.717, 1.165) is 7.11 Å². The minimum atomic E-state index is -0.927. The molecule has 0 aliphatic carbocycles. The number of rotatable bonds is 9. The highest BCUT2D eigenvalue weighted by atomic mass is 16.7. The molecule has 0 heterocycles. The molecular formula is C33H27N3O12. The van der Waals surface area contributed by atoms with Gasteiger partial charge in [0, 0.05) is 33.8 Å². The summed E-state index contributed by atoms with van der Waals surface area (Å²) in [5.74, 6) is -1.35. The van der Waals surface area contributed by atoms with Crippen molar-refractivity contribution in [3.05, 3.63) is 108 Å². The van der Waals surface area contributed by atoms with Crippen LogP contribution in [0.4, 0.5) is 31.4 Å². The fourth-order valence-electron chi connectivity index (χ4n) is 3.87. The zero-order valence-corrected chi connectivity index (χ0v) is 25.6. The van der Waals surface area contributed by atoms with Gasteiger partial charge in [-0.3, -0.25) is 14.4 Å². The first-order valence-electron chi connectivity index (χ1n) is 13.7. The number of nitrogens with one attached hydrogen (secondary N) is 3. The van der Waals surface area contributed by atoms with Gasteiger partial charge in [-0.15, -0.1) is 0 Å². The molecule has 0 aliphatic rings. The Bertz CT molecular complexity index is 1730. The van der Waals surface area contributed by atoms with Gasteiger partial charge in [0.15, 0.2) is 0 Å². The molecule has 0 fully saturated rings. The van der Waals surface area contributed by atoms with Gasteiger partial charge >= 0.3 is 18.5 Å². The lowest BCUT2D eigenvalue weighted by molar-refractivity contribution is 0.101. The molecule has 0 atom stereocenters. The monoisotopic (exact) mass is 657 g/mol. The number of benzene rings is 4. The van der Waals surface area contributed by atoms with Crippen molar-refractivity contribution in [2.75, 3.05) is 37.3 Å². The van der Waals surface area contributed by atoms with E-state index in [4.69, 9.17) is 14.2 Å². The van der Waals surface area contributed by atoms with E-state index in [-0.39, 0.29) is 39.6 Å². The number of anilines is 3. The number of ether oxygens (including phenoxy) is 6. The predicted molar refractivity (Wildman–Crippen MR) is 169 cm³/mol. The van der Waals surface area contributed by atoms with Crippen molar-refractivity contribution < 1.29 is 57.2 Å². The Labute approximate surface area is 272 Å². The Hall–Kier alpha value is -6.90. The number of carbonyl (C=O) groups is 6. The van der Waals surface area contributed by atoms with Gasteiger partial charge in [-0.2, -0.15) is 0 Å². The van der Waals surface area contributed by atoms with Crippen LogP contribution in [0.5, 0.6) is 17.2 Å². The van der Waals surface area contributed by atoms with Crippen LogP contribution in [-0.2, 0) is 14.2 Å². The Morgan fingerprint density at radius 1 is 0.396 bits per heavy atom. The normalized spacial score (nSPS) is 10.1. The third-order valence-electron chi connectivity index (χ3n) is 6.16. The molecule has 15 nitrogen and oxygen atoms in total. The Balaban J connectivity index is 1.57. The fraction of sp³-hybridized carbons (Fsp3) is 0.0909. The van der Waals surface area contributed by atoms with Crippen LogP contribution in [0.1, 0.15) is 31.1 Å². The molecule has 15 heteroatoms. The minimum Gasteiger partial charge on any atom is -0.437 e. The van der Waals surface area contributed by atoms with E-state index in [1.54, 1.807) is 0 Å². The lowest BCUT2D eigenvalue weighted by Gasteiger charge is -2.13. The maximum Gasteiger partial charge on any atom is 0.513 e. The molecule has 4 rings (SSSR count). The second kappa shape index (κ2) is 15.9. The Morgan fingerprint density at radius 3 is 1.06 bits per heavy atom. The molecule has 0 saturated carbocycles. The molecule has 48 heavy (non-hydrogen) atoms. The molecule has 0 unspecified atom stereocenters. The summed E-state index contributed by atoms with van der Waals surface area (Å²) in [6, 6.07) is 21.3. The molecule has 0 saturated heterocycles. The second-order valence-electron chi connectivity index (χ2n) is 9.40. The predicted octanol–water partition coefficient (Wildman–Crippen LogP) is 5.88. The summed E-state index contributed by atoms with van der Waals surface area (Å²) in [6.07, 6.45) is -2.75. The first kappa shape index (κ1) is 34.0. The van der Waals surface area contributed by atoms with Crippen molar-refractivity contribution in [1.82, 2.24) is 0 Å². The molecule has 4 aromatic rings. The van der Waals surface area contributed by atoms with Crippen LogP contribution in [0.2, 0.25) is 0 Å². The van der Waals surface area contributed by atoms with Crippen LogP contribution in [0, 0.1) is 0 Å². The van der Waals surface area contributed by atoms with Crippen LogP contribution in [0.3, 0.4) is 0 Å². The topological polar surface area (TPSA) is 194 Å². The van der Waals surface area contributed by atoms with Crippen molar-refractivity contribution in [3.63, 3.8) is 0 Å². The molecule has 3 N–H and O–H groups in total. The first-order valence-corrected chi connectivity index (χ1v) is 13.7. The van der Waals surface area contributed by atoms with Crippen molar-refractivity contribution >= 4 is 53.2 Å². The fourth-order valence-corrected chi connectivity index (χ4v) is 3.87. The summed E-state index contributed by atoms with van der Waals surface area (Å²) >= 11 is 0. The van der Waals surface area contributed by atoms with Crippen LogP contribution < -0.4 is 30.2 Å². The molecule has 0 aliphatic heterocycles. The molecule has 246 valence electrons. The van der Waals surface area contributed by atoms with Crippen molar-refractivity contribution in [3.8, 4) is 17.2 Å². The number of hydrogen-bond acceptors (Lipinski definition) is 12. The lowest BCUT2D eigenvalue weighted by Crippen LogP contribution is -2.18. The van der Waals surface area contributed by atoms with Gasteiger partial charge in [-0.1, -0.05) is 0 Å². The van der Waals surface area contributed by atoms with Crippen LogP contribution in [-0.4, -0.2) is 57.5 Å². The molecule has 0 radical (unpaired) electrons. The average Bonchev–Trinajstić information content (AvgIpc) is 3.09. The third-order valence-corrected chi connectivity index (χ3v) is 6.16. The molecule has 0 aromatic heterocycles. The molecule has 4 aromatic carbocycles. The van der Waals surface area contributed by atoms with Gasteiger partial charge < -0.3 is 44.4 Å². The van der Waals surface area contributed by atoms with Crippen LogP contribution >= 0.6 is 0 Å². The summed E-state index contributed by atoms with van der Waals surface area (Å²) in [4.78, 5) is 73.7.